The van der Waals surface area contributed by atoms with Gasteiger partial charge in [0.15, 0.2) is 10.8 Å². The molecule has 0 aromatic carbocycles. The van der Waals surface area contributed by atoms with Gasteiger partial charge in [-0.05, 0) is 38.5 Å². The van der Waals surface area contributed by atoms with Gasteiger partial charge in [-0.3, -0.25) is 19.2 Å². The Balaban J connectivity index is 1.52. The first-order valence-electron chi connectivity index (χ1n) is 10.1. The summed E-state index contributed by atoms with van der Waals surface area (Å²) < 4.78 is 20.7. The largest absolute Gasteiger partial charge is 0.468 e. The van der Waals surface area contributed by atoms with Gasteiger partial charge in [0.25, 0.3) is 0 Å². The number of hydrogen-bond donors (Lipinski definition) is 0. The number of methoxy groups -OCH3 is 2. The molecule has 4 atom stereocenters. The van der Waals surface area contributed by atoms with E-state index in [9.17, 15) is 19.2 Å². The van der Waals surface area contributed by atoms with Gasteiger partial charge in [-0.1, -0.05) is 12.2 Å². The lowest BCUT2D eigenvalue weighted by Crippen LogP contribution is -2.38. The molecular formula is C22H28O8. The number of ether oxygens (including phenoxy) is 4. The lowest BCUT2D eigenvalue weighted by molar-refractivity contribution is -0.174. The third-order valence-electron chi connectivity index (χ3n) is 6.59. The molecule has 0 aromatic rings. The summed E-state index contributed by atoms with van der Waals surface area (Å²) in [5, 5.41) is 0. The first kappa shape index (κ1) is 22.1. The summed E-state index contributed by atoms with van der Waals surface area (Å²) in [6.07, 6.45) is 5.08. The quantitative estimate of drug-likeness (QED) is 0.254. The van der Waals surface area contributed by atoms with Crippen molar-refractivity contribution in [3.05, 3.63) is 25.3 Å². The molecule has 3 rings (SSSR count). The van der Waals surface area contributed by atoms with Gasteiger partial charge in [0.2, 0.25) is 0 Å². The van der Waals surface area contributed by atoms with Crippen molar-refractivity contribution < 1.29 is 38.1 Å². The Morgan fingerprint density at radius 2 is 1.03 bits per heavy atom. The molecule has 0 saturated heterocycles. The van der Waals surface area contributed by atoms with Crippen LogP contribution in [0, 0.1) is 22.7 Å². The van der Waals surface area contributed by atoms with Gasteiger partial charge in [-0.25, -0.2) is 0 Å². The maximum atomic E-state index is 12.6. The summed E-state index contributed by atoms with van der Waals surface area (Å²) in [6.45, 7) is 7.31. The molecule has 0 aliphatic heterocycles. The summed E-state index contributed by atoms with van der Waals surface area (Å²) in [5.74, 6) is -2.93. The maximum Gasteiger partial charge on any atom is 0.324 e. The molecule has 0 bridgehead atoms. The van der Waals surface area contributed by atoms with Gasteiger partial charge in [0.1, 0.15) is 12.2 Å². The fraction of sp³-hybridized carbons (Fsp3) is 0.636. The molecule has 0 heterocycles. The Morgan fingerprint density at radius 1 is 0.700 bits per heavy atom. The van der Waals surface area contributed by atoms with Crippen LogP contribution in [0.1, 0.15) is 38.5 Å². The molecule has 4 unspecified atom stereocenters. The zero-order valence-electron chi connectivity index (χ0n) is 17.4. The van der Waals surface area contributed by atoms with E-state index in [1.54, 1.807) is 12.2 Å². The molecule has 3 aliphatic rings. The molecule has 0 N–H and O–H groups in total. The molecule has 0 spiro atoms. The lowest BCUT2D eigenvalue weighted by Gasteiger charge is -2.30. The van der Waals surface area contributed by atoms with Crippen LogP contribution >= 0.6 is 0 Å². The van der Waals surface area contributed by atoms with Crippen molar-refractivity contribution in [1.82, 2.24) is 0 Å². The minimum absolute atomic E-state index is 0.277. The third-order valence-corrected chi connectivity index (χ3v) is 6.59. The molecule has 30 heavy (non-hydrogen) atoms. The van der Waals surface area contributed by atoms with Crippen LogP contribution in [-0.4, -0.2) is 50.3 Å². The van der Waals surface area contributed by atoms with Gasteiger partial charge >= 0.3 is 23.9 Å². The highest BCUT2D eigenvalue weighted by Crippen LogP contribution is 2.56. The number of carbonyl (C=O) groups excluding carboxylic acids is 4. The van der Waals surface area contributed by atoms with Crippen molar-refractivity contribution in [3.63, 3.8) is 0 Å². The summed E-state index contributed by atoms with van der Waals surface area (Å²) in [6, 6.07) is 0. The van der Waals surface area contributed by atoms with Crippen molar-refractivity contribution in [1.29, 1.82) is 0 Å². The van der Waals surface area contributed by atoms with Crippen LogP contribution in [0.2, 0.25) is 0 Å². The monoisotopic (exact) mass is 420 g/mol. The van der Waals surface area contributed by atoms with Crippen LogP contribution < -0.4 is 0 Å². The van der Waals surface area contributed by atoms with E-state index in [0.29, 0.717) is 38.5 Å². The molecule has 0 radical (unpaired) electrons. The fourth-order valence-electron chi connectivity index (χ4n) is 4.40. The molecule has 8 heteroatoms. The normalized spacial score (nSPS) is 36.6. The third kappa shape index (κ3) is 3.52. The summed E-state index contributed by atoms with van der Waals surface area (Å²) >= 11 is 0. The van der Waals surface area contributed by atoms with E-state index in [4.69, 9.17) is 18.9 Å². The molecule has 0 aromatic heterocycles. The van der Waals surface area contributed by atoms with E-state index in [-0.39, 0.29) is 24.0 Å². The van der Waals surface area contributed by atoms with E-state index < -0.39 is 34.7 Å². The zero-order chi connectivity index (χ0) is 22.1. The average molecular weight is 420 g/mol. The Labute approximate surface area is 175 Å². The molecule has 3 aliphatic carbocycles. The summed E-state index contributed by atoms with van der Waals surface area (Å²) in [4.78, 5) is 49.4. The highest BCUT2D eigenvalue weighted by atomic mass is 16.6. The number of allylic oxidation sites excluding steroid dienone is 2. The maximum absolute atomic E-state index is 12.6. The molecule has 3 saturated carbocycles. The highest BCUT2D eigenvalue weighted by molar-refractivity contribution is 6.05. The number of carbonyl (C=O) groups is 4. The standard InChI is InChI=1S/C22H28O8/c1-5-13-11-21(13,17(23)27-3)19(25)29-15-7-9-16(10-8-15)30-20(26)22(18(24)28-4)12-14(22)6-2/h5-6,13-16H,1-2,7-12H2,3-4H3. The number of rotatable bonds is 8. The van der Waals surface area contributed by atoms with Gasteiger partial charge < -0.3 is 18.9 Å². The first-order chi connectivity index (χ1) is 14.3. The molecule has 3 fully saturated rings. The van der Waals surface area contributed by atoms with Gasteiger partial charge in [-0.15, -0.1) is 13.2 Å². The second-order valence-electron chi connectivity index (χ2n) is 8.23. The van der Waals surface area contributed by atoms with Crippen molar-refractivity contribution >= 4 is 23.9 Å². The van der Waals surface area contributed by atoms with Crippen LogP contribution in [0.5, 0.6) is 0 Å². The minimum atomic E-state index is -1.28. The highest BCUT2D eigenvalue weighted by Gasteiger charge is 2.68. The van der Waals surface area contributed by atoms with Crippen molar-refractivity contribution in [2.24, 2.45) is 22.7 Å². The van der Waals surface area contributed by atoms with Crippen LogP contribution in [0.25, 0.3) is 0 Å². The van der Waals surface area contributed by atoms with E-state index in [1.807, 2.05) is 0 Å². The average Bonchev–Trinajstić information content (AvgIpc) is 3.66. The first-order valence-corrected chi connectivity index (χ1v) is 10.1. The van der Waals surface area contributed by atoms with E-state index in [1.165, 1.54) is 14.2 Å². The predicted molar refractivity (Wildman–Crippen MR) is 104 cm³/mol. The Hall–Kier alpha value is -2.64. The van der Waals surface area contributed by atoms with Crippen LogP contribution in [-0.2, 0) is 38.1 Å². The van der Waals surface area contributed by atoms with Gasteiger partial charge in [0.05, 0.1) is 14.2 Å². The minimum Gasteiger partial charge on any atom is -0.468 e. The van der Waals surface area contributed by atoms with E-state index in [0.717, 1.165) is 0 Å². The topological polar surface area (TPSA) is 105 Å². The molecule has 164 valence electrons. The van der Waals surface area contributed by atoms with Crippen molar-refractivity contribution in [2.75, 3.05) is 14.2 Å². The zero-order valence-corrected chi connectivity index (χ0v) is 17.4. The lowest BCUT2D eigenvalue weighted by atomic mass is 9.94. The van der Waals surface area contributed by atoms with Crippen molar-refractivity contribution in [2.45, 2.75) is 50.7 Å². The SMILES string of the molecule is C=CC1CC1(C(=O)OC)C(=O)OC1CCC(OC(=O)C2(C(=O)OC)CC2C=C)CC1. The van der Waals surface area contributed by atoms with Crippen LogP contribution in [0.15, 0.2) is 25.3 Å². The van der Waals surface area contributed by atoms with Crippen molar-refractivity contribution in [3.8, 4) is 0 Å². The van der Waals surface area contributed by atoms with Gasteiger partial charge in [-0.2, -0.15) is 0 Å². The number of hydrogen-bond acceptors (Lipinski definition) is 8. The Bertz CT molecular complexity index is 701. The molecule has 8 nitrogen and oxygen atoms in total. The second-order valence-corrected chi connectivity index (χ2v) is 8.23. The summed E-state index contributed by atoms with van der Waals surface area (Å²) in [7, 11) is 2.49. The Morgan fingerprint density at radius 3 is 1.27 bits per heavy atom. The number of esters is 4. The Kier molecular flexibility index (Phi) is 6.06. The second kappa shape index (κ2) is 8.24. The fourth-order valence-corrected chi connectivity index (χ4v) is 4.40. The molecule has 0 amide bonds. The molecular weight excluding hydrogens is 392 g/mol. The summed E-state index contributed by atoms with van der Waals surface area (Å²) in [5.41, 5.74) is -2.56. The van der Waals surface area contributed by atoms with E-state index >= 15 is 0 Å². The smallest absolute Gasteiger partial charge is 0.324 e. The van der Waals surface area contributed by atoms with Crippen LogP contribution in [0.3, 0.4) is 0 Å². The van der Waals surface area contributed by atoms with Crippen LogP contribution in [0.4, 0.5) is 0 Å². The van der Waals surface area contributed by atoms with Gasteiger partial charge in [0, 0.05) is 11.8 Å². The predicted octanol–water partition coefficient (Wildman–Crippen LogP) is 2.11. The van der Waals surface area contributed by atoms with E-state index in [2.05, 4.69) is 13.2 Å².